The molecule has 0 bridgehead atoms. The molecular formula is C23H20Cl2F2N8O. The monoisotopic (exact) mass is 532 g/mol. The Bertz CT molecular complexity index is 1430. The summed E-state index contributed by atoms with van der Waals surface area (Å²) in [6, 6.07) is 7.53. The summed E-state index contributed by atoms with van der Waals surface area (Å²) in [5.41, 5.74) is 6.00. The highest BCUT2D eigenvalue weighted by Gasteiger charge is 2.24. The lowest BCUT2D eigenvalue weighted by molar-refractivity contribution is 0.100. The standard InChI is InChI=1S/C23H20Cl2F2N8O/c24-14-2-1-3-15(25)13(14)10-18-31-22(19(21(28)36)23-33-30-11-35(18)23)32-20-16(26)8-12(9-17(20)27)34-6-4-29-5-7-34/h1-3,8-9,11,29,32H,4-7,10H2,(H2,28,36). The number of benzene rings is 2. The molecule has 186 valence electrons. The van der Waals surface area contributed by atoms with Gasteiger partial charge in [0.1, 0.15) is 29.2 Å². The second-order valence-electron chi connectivity index (χ2n) is 8.16. The van der Waals surface area contributed by atoms with E-state index in [9.17, 15) is 4.79 Å². The number of carbonyl (C=O) groups is 1. The van der Waals surface area contributed by atoms with Crippen LogP contribution in [0.15, 0.2) is 36.7 Å². The number of piperazine rings is 1. The van der Waals surface area contributed by atoms with Gasteiger partial charge in [0.2, 0.25) is 0 Å². The van der Waals surface area contributed by atoms with E-state index in [-0.39, 0.29) is 23.4 Å². The molecule has 4 aromatic rings. The van der Waals surface area contributed by atoms with Crippen LogP contribution in [0.25, 0.3) is 5.65 Å². The summed E-state index contributed by atoms with van der Waals surface area (Å²) >= 11 is 12.7. The third kappa shape index (κ3) is 4.52. The van der Waals surface area contributed by atoms with Gasteiger partial charge in [0.15, 0.2) is 17.3 Å². The largest absolute Gasteiger partial charge is 0.369 e. The van der Waals surface area contributed by atoms with Crippen LogP contribution < -0.4 is 21.3 Å². The van der Waals surface area contributed by atoms with E-state index in [1.165, 1.54) is 22.9 Å². The molecule has 9 nitrogen and oxygen atoms in total. The van der Waals surface area contributed by atoms with Crippen LogP contribution in [0.4, 0.5) is 26.0 Å². The molecule has 0 radical (unpaired) electrons. The molecule has 2 aromatic carbocycles. The third-order valence-electron chi connectivity index (χ3n) is 5.92. The quantitative estimate of drug-likeness (QED) is 0.348. The van der Waals surface area contributed by atoms with E-state index in [2.05, 4.69) is 25.8 Å². The van der Waals surface area contributed by atoms with Gasteiger partial charge in [-0.15, -0.1) is 10.2 Å². The van der Waals surface area contributed by atoms with E-state index in [4.69, 9.17) is 28.9 Å². The second-order valence-corrected chi connectivity index (χ2v) is 8.98. The molecule has 5 rings (SSSR count). The second kappa shape index (κ2) is 9.84. The fourth-order valence-electron chi connectivity index (χ4n) is 4.14. The fraction of sp³-hybridized carbons (Fsp3) is 0.217. The van der Waals surface area contributed by atoms with Crippen LogP contribution >= 0.6 is 23.2 Å². The summed E-state index contributed by atoms with van der Waals surface area (Å²) in [5, 5.41) is 14.4. The molecule has 3 heterocycles. The van der Waals surface area contributed by atoms with Crippen molar-refractivity contribution in [3.05, 3.63) is 75.3 Å². The maximum Gasteiger partial charge on any atom is 0.256 e. The van der Waals surface area contributed by atoms with Crippen molar-refractivity contribution < 1.29 is 13.6 Å². The van der Waals surface area contributed by atoms with Crippen LogP contribution in [0, 0.1) is 11.6 Å². The van der Waals surface area contributed by atoms with Crippen LogP contribution in [-0.2, 0) is 6.42 Å². The van der Waals surface area contributed by atoms with Gasteiger partial charge in [-0.05, 0) is 29.8 Å². The zero-order valence-corrected chi connectivity index (χ0v) is 20.2. The van der Waals surface area contributed by atoms with E-state index < -0.39 is 23.2 Å². The Hall–Kier alpha value is -3.54. The lowest BCUT2D eigenvalue weighted by Gasteiger charge is -2.29. The molecule has 0 atom stereocenters. The van der Waals surface area contributed by atoms with Gasteiger partial charge in [-0.3, -0.25) is 9.20 Å². The van der Waals surface area contributed by atoms with E-state index in [1.807, 2.05) is 4.90 Å². The molecule has 4 N–H and O–H groups in total. The van der Waals surface area contributed by atoms with Gasteiger partial charge < -0.3 is 21.3 Å². The highest BCUT2D eigenvalue weighted by Crippen LogP contribution is 2.32. The maximum atomic E-state index is 15.1. The molecular weight excluding hydrogens is 513 g/mol. The molecule has 0 saturated carbocycles. The van der Waals surface area contributed by atoms with Crippen LogP contribution in [0.5, 0.6) is 0 Å². The summed E-state index contributed by atoms with van der Waals surface area (Å²) in [5.74, 6) is -2.45. The Balaban J connectivity index is 1.59. The number of nitrogens with zero attached hydrogens (tertiary/aromatic N) is 5. The number of fused-ring (bicyclic) bond motifs is 1. The van der Waals surface area contributed by atoms with Gasteiger partial charge in [-0.1, -0.05) is 29.3 Å². The lowest BCUT2D eigenvalue weighted by Crippen LogP contribution is -2.43. The van der Waals surface area contributed by atoms with Crippen LogP contribution in [0.1, 0.15) is 21.7 Å². The number of hydrogen-bond acceptors (Lipinski definition) is 7. The molecule has 1 saturated heterocycles. The minimum absolute atomic E-state index is 0.0661. The Kier molecular flexibility index (Phi) is 6.61. The summed E-state index contributed by atoms with van der Waals surface area (Å²) < 4.78 is 31.7. The molecule has 1 aliphatic heterocycles. The lowest BCUT2D eigenvalue weighted by atomic mass is 10.1. The topological polar surface area (TPSA) is 113 Å². The first-order chi connectivity index (χ1) is 17.3. The number of rotatable bonds is 6. The normalized spacial score (nSPS) is 13.8. The van der Waals surface area contributed by atoms with Gasteiger partial charge in [0.25, 0.3) is 5.91 Å². The molecule has 0 spiro atoms. The first kappa shape index (κ1) is 24.2. The molecule has 1 fully saturated rings. The fourth-order valence-corrected chi connectivity index (χ4v) is 4.67. The Morgan fingerprint density at radius 1 is 1.14 bits per heavy atom. The zero-order valence-electron chi connectivity index (χ0n) is 18.7. The number of anilines is 3. The number of nitrogens with one attached hydrogen (secondary N) is 2. The summed E-state index contributed by atoms with van der Waals surface area (Å²) in [4.78, 5) is 18.7. The highest BCUT2D eigenvalue weighted by molar-refractivity contribution is 6.36. The summed E-state index contributed by atoms with van der Waals surface area (Å²) in [7, 11) is 0. The Morgan fingerprint density at radius 2 is 1.81 bits per heavy atom. The Labute approximate surface area is 214 Å². The van der Waals surface area contributed by atoms with E-state index in [1.54, 1.807) is 18.2 Å². The minimum atomic E-state index is -0.899. The van der Waals surface area contributed by atoms with Crippen molar-refractivity contribution in [3.8, 4) is 0 Å². The van der Waals surface area contributed by atoms with E-state index in [0.717, 1.165) is 0 Å². The zero-order chi connectivity index (χ0) is 25.4. The molecule has 2 aromatic heterocycles. The van der Waals surface area contributed by atoms with Gasteiger partial charge in [0.05, 0.1) is 0 Å². The molecule has 0 unspecified atom stereocenters. The number of halogens is 4. The number of primary amides is 1. The van der Waals surface area contributed by atoms with Crippen molar-refractivity contribution >= 4 is 51.9 Å². The van der Waals surface area contributed by atoms with Gasteiger partial charge in [0, 0.05) is 48.3 Å². The molecule has 13 heteroatoms. The average molecular weight is 533 g/mol. The van der Waals surface area contributed by atoms with E-state index in [0.29, 0.717) is 53.3 Å². The summed E-state index contributed by atoms with van der Waals surface area (Å²) in [6.07, 6.45) is 1.47. The van der Waals surface area contributed by atoms with Crippen LogP contribution in [-0.4, -0.2) is 51.7 Å². The van der Waals surface area contributed by atoms with Crippen molar-refractivity contribution in [1.29, 1.82) is 0 Å². The summed E-state index contributed by atoms with van der Waals surface area (Å²) in [6.45, 7) is 2.67. The average Bonchev–Trinajstić information content (AvgIpc) is 3.33. The van der Waals surface area contributed by atoms with Crippen molar-refractivity contribution in [3.63, 3.8) is 0 Å². The van der Waals surface area contributed by atoms with Crippen molar-refractivity contribution in [1.82, 2.24) is 24.9 Å². The predicted molar refractivity (Wildman–Crippen MR) is 133 cm³/mol. The first-order valence-corrected chi connectivity index (χ1v) is 11.8. The molecule has 1 amide bonds. The maximum absolute atomic E-state index is 15.1. The van der Waals surface area contributed by atoms with Crippen molar-refractivity contribution in [2.24, 2.45) is 5.73 Å². The van der Waals surface area contributed by atoms with Crippen molar-refractivity contribution in [2.45, 2.75) is 6.42 Å². The number of nitrogens with two attached hydrogens (primary N) is 1. The SMILES string of the molecule is NC(=O)c1c(Nc2c(F)cc(N3CCNCC3)cc2F)nc(Cc2c(Cl)cccc2Cl)n2cnnc12. The van der Waals surface area contributed by atoms with Crippen molar-refractivity contribution in [2.75, 3.05) is 36.4 Å². The number of carbonyl (C=O) groups excluding carboxylic acids is 1. The predicted octanol–water partition coefficient (Wildman–Crippen LogP) is 3.55. The molecule has 0 aliphatic carbocycles. The van der Waals surface area contributed by atoms with Gasteiger partial charge in [-0.2, -0.15) is 0 Å². The van der Waals surface area contributed by atoms with Crippen LogP contribution in [0.2, 0.25) is 10.0 Å². The van der Waals surface area contributed by atoms with Gasteiger partial charge in [-0.25, -0.2) is 13.8 Å². The Morgan fingerprint density at radius 3 is 2.44 bits per heavy atom. The van der Waals surface area contributed by atoms with Crippen LogP contribution in [0.3, 0.4) is 0 Å². The number of amides is 1. The highest BCUT2D eigenvalue weighted by atomic mass is 35.5. The number of hydrogen-bond donors (Lipinski definition) is 3. The minimum Gasteiger partial charge on any atom is -0.369 e. The number of aromatic nitrogens is 4. The van der Waals surface area contributed by atoms with E-state index >= 15 is 8.78 Å². The molecule has 1 aliphatic rings. The molecule has 36 heavy (non-hydrogen) atoms. The smallest absolute Gasteiger partial charge is 0.256 e. The van der Waals surface area contributed by atoms with Gasteiger partial charge >= 0.3 is 0 Å². The third-order valence-corrected chi connectivity index (χ3v) is 6.63. The first-order valence-electron chi connectivity index (χ1n) is 11.0.